The minimum absolute atomic E-state index is 0.265. The Hall–Kier alpha value is -2.29. The molecule has 0 saturated carbocycles. The fourth-order valence-electron chi connectivity index (χ4n) is 3.49. The van der Waals surface area contributed by atoms with Crippen molar-refractivity contribution in [3.63, 3.8) is 0 Å². The van der Waals surface area contributed by atoms with E-state index in [2.05, 4.69) is 27.8 Å². The first-order valence-corrected chi connectivity index (χ1v) is 9.49. The van der Waals surface area contributed by atoms with E-state index in [0.29, 0.717) is 28.3 Å². The summed E-state index contributed by atoms with van der Waals surface area (Å²) >= 11 is 12.9. The van der Waals surface area contributed by atoms with Gasteiger partial charge in [-0.1, -0.05) is 36.0 Å². The normalized spacial score (nSPS) is 15.3. The van der Waals surface area contributed by atoms with Gasteiger partial charge in [0, 0.05) is 18.7 Å². The largest absolute Gasteiger partial charge is 0.356 e. The van der Waals surface area contributed by atoms with Crippen molar-refractivity contribution in [1.29, 1.82) is 0 Å². The molecule has 1 aliphatic heterocycles. The van der Waals surface area contributed by atoms with E-state index < -0.39 is 5.82 Å². The Labute approximate surface area is 166 Å². The average Bonchev–Trinajstić information content (AvgIpc) is 3.04. The van der Waals surface area contributed by atoms with Gasteiger partial charge in [0.1, 0.15) is 16.8 Å². The molecule has 3 aromatic rings. The zero-order valence-corrected chi connectivity index (χ0v) is 16.2. The number of hydrogen-bond acceptors (Lipinski definition) is 3. The van der Waals surface area contributed by atoms with Crippen LogP contribution in [0.2, 0.25) is 10.2 Å². The zero-order valence-electron chi connectivity index (χ0n) is 14.7. The monoisotopic (exact) mass is 402 g/mol. The van der Waals surface area contributed by atoms with E-state index in [1.807, 2.05) is 0 Å². The number of aromatic nitrogens is 3. The topological polar surface area (TPSA) is 33.4 Å². The third-order valence-electron chi connectivity index (χ3n) is 5.02. The first-order valence-electron chi connectivity index (χ1n) is 8.73. The zero-order chi connectivity index (χ0) is 19.1. The number of anilines is 1. The van der Waals surface area contributed by atoms with Crippen molar-refractivity contribution in [2.45, 2.75) is 19.8 Å². The first-order chi connectivity index (χ1) is 13.0. The molecule has 0 spiro atoms. The molecule has 0 atom stereocenters. The highest BCUT2D eigenvalue weighted by atomic mass is 35.5. The van der Waals surface area contributed by atoms with Crippen LogP contribution in [0.5, 0.6) is 0 Å². The van der Waals surface area contributed by atoms with Gasteiger partial charge in [0.15, 0.2) is 5.65 Å². The van der Waals surface area contributed by atoms with Gasteiger partial charge in [0.05, 0.1) is 22.3 Å². The van der Waals surface area contributed by atoms with Crippen LogP contribution >= 0.6 is 23.2 Å². The number of rotatable bonds is 2. The van der Waals surface area contributed by atoms with Crippen molar-refractivity contribution in [2.75, 3.05) is 18.0 Å². The molecule has 3 heterocycles. The third kappa shape index (κ3) is 3.13. The first kappa shape index (κ1) is 18.1. The van der Waals surface area contributed by atoms with Crippen LogP contribution in [-0.4, -0.2) is 27.7 Å². The van der Waals surface area contributed by atoms with Crippen LogP contribution in [0, 0.1) is 24.1 Å². The Morgan fingerprint density at radius 1 is 1.26 bits per heavy atom. The smallest absolute Gasteiger partial charge is 0.174 e. The summed E-state index contributed by atoms with van der Waals surface area (Å²) in [5.41, 5.74) is 2.35. The molecule has 7 heteroatoms. The number of hydrogen-bond donors (Lipinski definition) is 0. The van der Waals surface area contributed by atoms with Crippen molar-refractivity contribution in [3.05, 3.63) is 46.0 Å². The lowest BCUT2D eigenvalue weighted by molar-refractivity contribution is 0.435. The number of piperidine rings is 1. The van der Waals surface area contributed by atoms with Crippen LogP contribution in [-0.2, 0) is 0 Å². The number of terminal acetylenes is 1. The summed E-state index contributed by atoms with van der Waals surface area (Å²) in [6, 6.07) is 4.25. The van der Waals surface area contributed by atoms with E-state index >= 15 is 0 Å². The fourth-order valence-corrected chi connectivity index (χ4v) is 4.02. The van der Waals surface area contributed by atoms with Crippen molar-refractivity contribution in [2.24, 2.45) is 5.92 Å². The Bertz CT molecular complexity index is 1060. The maximum absolute atomic E-state index is 13.6. The molecular weight excluding hydrogens is 386 g/mol. The minimum Gasteiger partial charge on any atom is -0.356 e. The van der Waals surface area contributed by atoms with E-state index in [1.54, 1.807) is 16.8 Å². The maximum atomic E-state index is 13.6. The summed E-state index contributed by atoms with van der Waals surface area (Å²) in [5.74, 6) is 3.63. The molecule has 4 nitrogen and oxygen atoms in total. The van der Waals surface area contributed by atoms with Gasteiger partial charge in [0.2, 0.25) is 0 Å². The molecule has 2 aromatic heterocycles. The highest BCUT2D eigenvalue weighted by molar-refractivity contribution is 6.36. The molecule has 1 saturated heterocycles. The number of benzene rings is 1. The molecule has 0 radical (unpaired) electrons. The van der Waals surface area contributed by atoms with E-state index in [0.717, 1.165) is 31.7 Å². The molecule has 138 valence electrons. The second-order valence-electron chi connectivity index (χ2n) is 6.83. The van der Waals surface area contributed by atoms with Gasteiger partial charge in [-0.15, -0.1) is 6.42 Å². The van der Waals surface area contributed by atoms with E-state index in [1.165, 1.54) is 12.1 Å². The van der Waals surface area contributed by atoms with Crippen molar-refractivity contribution in [1.82, 2.24) is 14.6 Å². The van der Waals surface area contributed by atoms with Gasteiger partial charge < -0.3 is 4.90 Å². The number of fused-ring (bicyclic) bond motifs is 1. The van der Waals surface area contributed by atoms with Crippen LogP contribution in [0.3, 0.4) is 0 Å². The predicted molar refractivity (Wildman–Crippen MR) is 107 cm³/mol. The van der Waals surface area contributed by atoms with Gasteiger partial charge in [-0.25, -0.2) is 9.37 Å². The van der Waals surface area contributed by atoms with Gasteiger partial charge in [-0.2, -0.15) is 9.61 Å². The second-order valence-corrected chi connectivity index (χ2v) is 7.60. The molecule has 4 rings (SSSR count). The lowest BCUT2D eigenvalue weighted by Crippen LogP contribution is -2.34. The van der Waals surface area contributed by atoms with Crippen molar-refractivity contribution < 1.29 is 4.39 Å². The lowest BCUT2D eigenvalue weighted by atomic mass is 9.98. The van der Waals surface area contributed by atoms with Crippen LogP contribution in [0.1, 0.15) is 25.3 Å². The van der Waals surface area contributed by atoms with Crippen molar-refractivity contribution in [3.8, 4) is 23.5 Å². The molecule has 0 N–H and O–H groups in total. The summed E-state index contributed by atoms with van der Waals surface area (Å²) in [6.45, 7) is 3.95. The highest BCUT2D eigenvalue weighted by Gasteiger charge is 2.27. The number of halogens is 3. The molecule has 0 amide bonds. The molecule has 1 aliphatic rings. The Morgan fingerprint density at radius 3 is 2.67 bits per heavy atom. The summed E-state index contributed by atoms with van der Waals surface area (Å²) in [5, 5.41) is 4.99. The van der Waals surface area contributed by atoms with Crippen LogP contribution in [0.15, 0.2) is 24.4 Å². The summed E-state index contributed by atoms with van der Waals surface area (Å²) < 4.78 is 15.3. The van der Waals surface area contributed by atoms with Gasteiger partial charge in [0.25, 0.3) is 0 Å². The highest BCUT2D eigenvalue weighted by Crippen LogP contribution is 2.41. The van der Waals surface area contributed by atoms with Gasteiger partial charge in [-0.05, 0) is 37.0 Å². The van der Waals surface area contributed by atoms with Gasteiger partial charge >= 0.3 is 0 Å². The molecule has 1 fully saturated rings. The van der Waals surface area contributed by atoms with E-state index in [-0.39, 0.29) is 10.2 Å². The van der Waals surface area contributed by atoms with Crippen LogP contribution in [0.25, 0.3) is 16.8 Å². The van der Waals surface area contributed by atoms with Crippen LogP contribution < -0.4 is 4.90 Å². The summed E-state index contributed by atoms with van der Waals surface area (Å²) in [6.07, 6.45) is 9.30. The molecule has 0 unspecified atom stereocenters. The van der Waals surface area contributed by atoms with Gasteiger partial charge in [-0.3, -0.25) is 0 Å². The van der Waals surface area contributed by atoms with Crippen LogP contribution in [0.4, 0.5) is 10.2 Å². The fraction of sp³-hybridized carbons (Fsp3) is 0.300. The minimum atomic E-state index is -0.407. The quantitative estimate of drug-likeness (QED) is 0.443. The Kier molecular flexibility index (Phi) is 4.71. The predicted octanol–water partition coefficient (Wildman–Crippen LogP) is 5.06. The summed E-state index contributed by atoms with van der Waals surface area (Å²) in [4.78, 5) is 6.69. The van der Waals surface area contributed by atoms with E-state index in [4.69, 9.17) is 29.6 Å². The molecular formula is C20H17Cl2FN4. The SMILES string of the molecule is C#Cc1cnn2c(N3CCC(C)CC3)c(-c3ccc(F)cc3Cl)c(Cl)nc12. The standard InChI is InChI=1S/C20H17Cl2FN4/c1-3-13-11-24-27-19(13)25-18(22)17(15-5-4-14(23)10-16(15)21)20(27)26-8-6-12(2)7-9-26/h1,4-5,10-12H,6-9H2,2H3. The maximum Gasteiger partial charge on any atom is 0.174 e. The van der Waals surface area contributed by atoms with Crippen molar-refractivity contribution >= 4 is 34.7 Å². The summed E-state index contributed by atoms with van der Waals surface area (Å²) in [7, 11) is 0. The molecule has 1 aromatic carbocycles. The number of nitrogens with zero attached hydrogens (tertiary/aromatic N) is 4. The molecule has 27 heavy (non-hydrogen) atoms. The van der Waals surface area contributed by atoms with E-state index in [9.17, 15) is 4.39 Å². The Balaban J connectivity index is 2.01. The lowest BCUT2D eigenvalue weighted by Gasteiger charge is -2.33. The third-order valence-corrected chi connectivity index (χ3v) is 5.60. The Morgan fingerprint density at radius 2 is 2.00 bits per heavy atom. The molecule has 0 aliphatic carbocycles. The molecule has 0 bridgehead atoms. The second kappa shape index (κ2) is 7.03. The average molecular weight is 403 g/mol.